The van der Waals surface area contributed by atoms with E-state index in [9.17, 15) is 18.5 Å². The summed E-state index contributed by atoms with van der Waals surface area (Å²) in [5.74, 6) is 0.334. The van der Waals surface area contributed by atoms with Crippen molar-refractivity contribution in [3.8, 4) is 23.3 Å². The molecule has 16 heteroatoms. The van der Waals surface area contributed by atoms with Crippen molar-refractivity contribution < 1.29 is 17.9 Å². The first kappa shape index (κ1) is 28.8. The summed E-state index contributed by atoms with van der Waals surface area (Å²) in [4.78, 5) is 29.8. The standard InChI is InChI=1S/C28H29N11O4S/c1-44(41,42)35-24(40)18-43-21-7-5-19(6-8-21)37-13-10-36(11-14-37)12-15-38-20(17-29)16-22-26(38)33-28(30)39-27(22)32-25(34-39)23-4-2-3-9-31-23/h2-9,16H,10-15,18H2,1H3,(H2,30,33)(H,35,40). The van der Waals surface area contributed by atoms with E-state index >= 15 is 0 Å². The van der Waals surface area contributed by atoms with Crippen molar-refractivity contribution >= 4 is 44.2 Å². The van der Waals surface area contributed by atoms with Gasteiger partial charge in [-0.3, -0.25) is 19.4 Å². The first-order chi connectivity index (χ1) is 21.2. The Hall–Kier alpha value is -5.27. The lowest BCUT2D eigenvalue weighted by Crippen LogP contribution is -2.47. The third-order valence-electron chi connectivity index (χ3n) is 7.25. The van der Waals surface area contributed by atoms with Crippen LogP contribution in [0, 0.1) is 11.3 Å². The van der Waals surface area contributed by atoms with E-state index in [4.69, 9.17) is 10.5 Å². The number of fused-ring (bicyclic) bond motifs is 3. The second kappa shape index (κ2) is 11.8. The number of hydrogen-bond donors (Lipinski definition) is 2. The van der Waals surface area contributed by atoms with Gasteiger partial charge in [-0.1, -0.05) is 6.07 Å². The largest absolute Gasteiger partial charge is 0.484 e. The van der Waals surface area contributed by atoms with Gasteiger partial charge in [0.15, 0.2) is 12.3 Å². The van der Waals surface area contributed by atoms with Gasteiger partial charge in [-0.15, -0.1) is 5.10 Å². The lowest BCUT2D eigenvalue weighted by Gasteiger charge is -2.36. The number of hydrogen-bond acceptors (Lipinski definition) is 12. The summed E-state index contributed by atoms with van der Waals surface area (Å²) in [6.45, 7) is 4.12. The van der Waals surface area contributed by atoms with Gasteiger partial charge in [0.1, 0.15) is 28.9 Å². The Morgan fingerprint density at radius 2 is 1.84 bits per heavy atom. The molecule has 3 N–H and O–H groups in total. The van der Waals surface area contributed by atoms with Crippen LogP contribution in [0.1, 0.15) is 5.69 Å². The number of nitrogens with zero attached hydrogens (tertiary/aromatic N) is 9. The normalized spacial score (nSPS) is 14.1. The Bertz CT molecular complexity index is 1980. The second-order valence-corrected chi connectivity index (χ2v) is 12.0. The van der Waals surface area contributed by atoms with Gasteiger partial charge in [0, 0.05) is 51.2 Å². The summed E-state index contributed by atoms with van der Waals surface area (Å²) in [5.41, 5.74) is 9.48. The van der Waals surface area contributed by atoms with Gasteiger partial charge in [0.25, 0.3) is 5.91 Å². The zero-order chi connectivity index (χ0) is 30.8. The molecule has 6 rings (SSSR count). The minimum atomic E-state index is -3.62. The lowest BCUT2D eigenvalue weighted by molar-refractivity contribution is -0.121. The molecule has 1 aliphatic heterocycles. The molecule has 0 aliphatic carbocycles. The number of amides is 1. The third-order valence-corrected chi connectivity index (χ3v) is 7.84. The van der Waals surface area contributed by atoms with Crippen LogP contribution in [0.3, 0.4) is 0 Å². The van der Waals surface area contributed by atoms with Crippen LogP contribution in [0.25, 0.3) is 28.2 Å². The number of carbonyl (C=O) groups excluding carboxylic acids is 1. The number of nitrogens with two attached hydrogens (primary N) is 1. The van der Waals surface area contributed by atoms with Crippen LogP contribution in [0.2, 0.25) is 0 Å². The van der Waals surface area contributed by atoms with E-state index in [2.05, 4.69) is 35.9 Å². The highest BCUT2D eigenvalue weighted by molar-refractivity contribution is 7.89. The number of piperazine rings is 1. The highest BCUT2D eigenvalue weighted by atomic mass is 32.2. The van der Waals surface area contributed by atoms with Crippen molar-refractivity contribution in [2.75, 3.05) is 56.2 Å². The van der Waals surface area contributed by atoms with E-state index in [0.29, 0.717) is 52.7 Å². The fourth-order valence-corrected chi connectivity index (χ4v) is 5.63. The average molecular weight is 616 g/mol. The summed E-state index contributed by atoms with van der Waals surface area (Å²) in [5, 5.41) is 15.1. The van der Waals surface area contributed by atoms with Crippen molar-refractivity contribution in [1.29, 1.82) is 5.26 Å². The van der Waals surface area contributed by atoms with E-state index in [1.807, 2.05) is 39.6 Å². The minimum absolute atomic E-state index is 0.174. The van der Waals surface area contributed by atoms with E-state index < -0.39 is 22.5 Å². The molecule has 1 saturated heterocycles. The Kier molecular flexibility index (Phi) is 7.72. The molecule has 0 atom stereocenters. The van der Waals surface area contributed by atoms with Crippen molar-refractivity contribution in [2.24, 2.45) is 0 Å². The fourth-order valence-electron chi connectivity index (χ4n) is 5.16. The van der Waals surface area contributed by atoms with Crippen molar-refractivity contribution in [1.82, 2.24) is 38.8 Å². The second-order valence-electron chi connectivity index (χ2n) is 10.3. The molecular weight excluding hydrogens is 586 g/mol. The zero-order valence-electron chi connectivity index (χ0n) is 23.8. The zero-order valence-corrected chi connectivity index (χ0v) is 24.6. The predicted octanol–water partition coefficient (Wildman–Crippen LogP) is 0.872. The molecule has 0 spiro atoms. The quantitative estimate of drug-likeness (QED) is 0.238. The molecule has 226 valence electrons. The van der Waals surface area contributed by atoms with Gasteiger partial charge >= 0.3 is 0 Å². The Balaban J connectivity index is 1.09. The van der Waals surface area contributed by atoms with Crippen LogP contribution < -0.4 is 20.1 Å². The molecule has 0 saturated carbocycles. The molecule has 1 aliphatic rings. The summed E-state index contributed by atoms with van der Waals surface area (Å²) >= 11 is 0. The maximum atomic E-state index is 11.7. The average Bonchev–Trinajstić information content (AvgIpc) is 3.62. The van der Waals surface area contributed by atoms with Gasteiger partial charge < -0.3 is 19.9 Å². The van der Waals surface area contributed by atoms with Crippen LogP contribution in [0.4, 0.5) is 11.6 Å². The highest BCUT2D eigenvalue weighted by Gasteiger charge is 2.21. The first-order valence-electron chi connectivity index (χ1n) is 13.8. The fraction of sp³-hybridized carbons (Fsp3) is 0.286. The number of aromatic nitrogens is 6. The van der Waals surface area contributed by atoms with Gasteiger partial charge in [-0.05, 0) is 42.5 Å². The van der Waals surface area contributed by atoms with Crippen molar-refractivity contribution in [2.45, 2.75) is 6.54 Å². The summed E-state index contributed by atoms with van der Waals surface area (Å²) in [6, 6.07) is 16.9. The SMILES string of the molecule is CS(=O)(=O)NC(=O)COc1ccc(N2CCN(CCn3c(C#N)cc4c3nc(N)n3nc(-c5ccccn5)nc43)CC2)cc1. The lowest BCUT2D eigenvalue weighted by atomic mass is 10.2. The number of nitrogen functional groups attached to an aromatic ring is 1. The van der Waals surface area contributed by atoms with Crippen LogP contribution in [-0.2, 0) is 21.4 Å². The molecule has 4 aromatic heterocycles. The number of benzene rings is 1. The van der Waals surface area contributed by atoms with Gasteiger partial charge in [0.05, 0.1) is 11.6 Å². The van der Waals surface area contributed by atoms with E-state index in [1.54, 1.807) is 24.4 Å². The number of sulfonamides is 1. The van der Waals surface area contributed by atoms with Gasteiger partial charge in [-0.2, -0.15) is 14.8 Å². The molecule has 1 aromatic carbocycles. The van der Waals surface area contributed by atoms with Crippen molar-refractivity contribution in [3.05, 3.63) is 60.4 Å². The van der Waals surface area contributed by atoms with Crippen molar-refractivity contribution in [3.63, 3.8) is 0 Å². The Morgan fingerprint density at radius 1 is 1.07 bits per heavy atom. The van der Waals surface area contributed by atoms with E-state index in [-0.39, 0.29) is 5.95 Å². The Morgan fingerprint density at radius 3 is 2.52 bits per heavy atom. The van der Waals surface area contributed by atoms with E-state index in [1.165, 1.54) is 4.52 Å². The van der Waals surface area contributed by atoms with E-state index in [0.717, 1.165) is 38.1 Å². The van der Waals surface area contributed by atoms with Crippen LogP contribution in [0.5, 0.6) is 5.75 Å². The molecular formula is C28H29N11O4S. The highest BCUT2D eigenvalue weighted by Crippen LogP contribution is 2.26. The number of carbonyl (C=O) groups is 1. The maximum Gasteiger partial charge on any atom is 0.271 e. The molecule has 15 nitrogen and oxygen atoms in total. The monoisotopic (exact) mass is 615 g/mol. The molecule has 5 aromatic rings. The molecule has 1 fully saturated rings. The number of anilines is 2. The van der Waals surface area contributed by atoms with Crippen LogP contribution in [0.15, 0.2) is 54.7 Å². The predicted molar refractivity (Wildman–Crippen MR) is 162 cm³/mol. The topological polar surface area (TPSA) is 190 Å². The van der Waals surface area contributed by atoms with Gasteiger partial charge in [0.2, 0.25) is 21.8 Å². The minimum Gasteiger partial charge on any atom is -0.484 e. The summed E-state index contributed by atoms with van der Waals surface area (Å²) in [7, 11) is -3.62. The number of ether oxygens (including phenoxy) is 1. The first-order valence-corrected chi connectivity index (χ1v) is 15.7. The molecule has 44 heavy (non-hydrogen) atoms. The third kappa shape index (κ3) is 6.09. The number of nitrogens with one attached hydrogen (secondary N) is 1. The van der Waals surface area contributed by atoms with Crippen LogP contribution >= 0.6 is 0 Å². The maximum absolute atomic E-state index is 11.7. The Labute approximate surface area is 252 Å². The molecule has 1 amide bonds. The number of nitriles is 1. The molecule has 0 radical (unpaired) electrons. The van der Waals surface area contributed by atoms with Crippen LogP contribution in [-0.4, -0.2) is 93.9 Å². The molecule has 0 bridgehead atoms. The number of rotatable bonds is 9. The number of pyridine rings is 1. The smallest absolute Gasteiger partial charge is 0.271 e. The molecule has 0 unspecified atom stereocenters. The molecule has 5 heterocycles. The summed E-state index contributed by atoms with van der Waals surface area (Å²) in [6.07, 6.45) is 2.58. The van der Waals surface area contributed by atoms with Gasteiger partial charge in [-0.25, -0.2) is 13.4 Å². The summed E-state index contributed by atoms with van der Waals surface area (Å²) < 4.78 is 32.9.